The monoisotopic (exact) mass is 672 g/mol. The van der Waals surface area contributed by atoms with E-state index < -0.39 is 17.7 Å². The Morgan fingerprint density at radius 2 is 1.82 bits per heavy atom. The van der Waals surface area contributed by atoms with Crippen molar-refractivity contribution in [3.63, 3.8) is 0 Å². The van der Waals surface area contributed by atoms with Crippen molar-refractivity contribution in [1.29, 1.82) is 0 Å². The fourth-order valence-corrected chi connectivity index (χ4v) is 6.85. The van der Waals surface area contributed by atoms with Gasteiger partial charge >= 0.3 is 5.97 Å². The van der Waals surface area contributed by atoms with E-state index in [4.69, 9.17) is 29.0 Å². The number of aromatic nitrogens is 3. The molecule has 1 fully saturated rings. The number of ether oxygens (including phenoxy) is 4. The third-order valence-corrected chi connectivity index (χ3v) is 9.59. The SMILES string of the molecule is COC(=O)C(OC(C)(C)C)c1c(C)nc2cc3nn2c1N1CCC(C)(CC1)OCCCCC(C)Oc1cc(F)c(C)cc1-c1cccc-3c1. The summed E-state index contributed by atoms with van der Waals surface area (Å²) in [6, 6.07) is 13.4. The summed E-state index contributed by atoms with van der Waals surface area (Å²) in [5.41, 5.74) is 4.90. The Hall–Kier alpha value is -4.02. The van der Waals surface area contributed by atoms with E-state index in [1.807, 2.05) is 69.5 Å². The van der Waals surface area contributed by atoms with Crippen molar-refractivity contribution in [3.05, 3.63) is 65.1 Å². The minimum absolute atomic E-state index is 0.0927. The van der Waals surface area contributed by atoms with E-state index in [2.05, 4.69) is 17.9 Å². The molecule has 5 heterocycles. The summed E-state index contributed by atoms with van der Waals surface area (Å²) in [6.07, 6.45) is 3.17. The van der Waals surface area contributed by atoms with Crippen molar-refractivity contribution in [1.82, 2.24) is 14.6 Å². The van der Waals surface area contributed by atoms with Crippen LogP contribution in [-0.4, -0.2) is 64.7 Å². The van der Waals surface area contributed by atoms with Crippen LogP contribution in [0.5, 0.6) is 5.75 Å². The Labute approximate surface area is 288 Å². The number of benzene rings is 2. The average Bonchev–Trinajstić information content (AvgIpc) is 3.47. The van der Waals surface area contributed by atoms with Gasteiger partial charge in [-0.1, -0.05) is 18.2 Å². The minimum Gasteiger partial charge on any atom is -0.490 e. The van der Waals surface area contributed by atoms with Gasteiger partial charge in [-0.15, -0.1) is 0 Å². The first-order chi connectivity index (χ1) is 23.2. The molecule has 0 radical (unpaired) electrons. The standard InChI is InChI=1S/C39H49FN4O5/c1-24-20-29-27-13-11-14-28(21-27)31-23-33-41-26(3)34(35(37(45)46-8)49-38(4,5)6)36(44(33)42-31)43-17-15-39(7,16-18-43)47-19-10-9-12-25(2)48-32(29)22-30(24)40/h11,13-14,20-23,25,35H,9-10,12,15-19H2,1-8H3. The lowest BCUT2D eigenvalue weighted by atomic mass is 9.92. The van der Waals surface area contributed by atoms with E-state index in [1.54, 1.807) is 6.92 Å². The molecule has 3 aliphatic rings. The molecule has 4 aromatic rings. The molecule has 2 unspecified atom stereocenters. The van der Waals surface area contributed by atoms with Crippen LogP contribution in [0.3, 0.4) is 0 Å². The van der Waals surface area contributed by atoms with Crippen molar-refractivity contribution in [3.8, 4) is 28.1 Å². The first kappa shape index (κ1) is 34.8. The number of halogens is 1. The van der Waals surface area contributed by atoms with Gasteiger partial charge in [-0.25, -0.2) is 14.2 Å². The van der Waals surface area contributed by atoms with Crippen LogP contribution in [0.25, 0.3) is 28.0 Å². The van der Waals surface area contributed by atoms with Gasteiger partial charge in [-0.3, -0.25) is 0 Å². The topological polar surface area (TPSA) is 87.4 Å². The molecule has 0 aliphatic carbocycles. The highest BCUT2D eigenvalue weighted by atomic mass is 19.1. The zero-order valence-corrected chi connectivity index (χ0v) is 30.1. The maximum atomic E-state index is 14.9. The molecule has 49 heavy (non-hydrogen) atoms. The van der Waals surface area contributed by atoms with Crippen molar-refractivity contribution < 1.29 is 28.1 Å². The van der Waals surface area contributed by atoms with E-state index in [-0.39, 0.29) is 17.5 Å². The number of anilines is 1. The number of hydrogen-bond donors (Lipinski definition) is 0. The van der Waals surface area contributed by atoms with Crippen LogP contribution in [0, 0.1) is 19.7 Å². The molecule has 7 rings (SSSR count). The lowest BCUT2D eigenvalue weighted by Crippen LogP contribution is -2.46. The molecule has 0 amide bonds. The quantitative estimate of drug-likeness (QED) is 0.202. The van der Waals surface area contributed by atoms with Crippen LogP contribution in [0.2, 0.25) is 0 Å². The van der Waals surface area contributed by atoms with Crippen LogP contribution < -0.4 is 9.64 Å². The molecule has 3 aliphatic heterocycles. The average molecular weight is 673 g/mol. The van der Waals surface area contributed by atoms with Gasteiger partial charge in [-0.05, 0) is 104 Å². The van der Waals surface area contributed by atoms with Crippen molar-refractivity contribution in [2.75, 3.05) is 31.7 Å². The summed E-state index contributed by atoms with van der Waals surface area (Å²) in [7, 11) is 1.38. The fraction of sp³-hybridized carbons (Fsp3) is 0.513. The number of aryl methyl sites for hydroxylation is 2. The summed E-state index contributed by atoms with van der Waals surface area (Å²) >= 11 is 0. The van der Waals surface area contributed by atoms with E-state index in [1.165, 1.54) is 13.2 Å². The van der Waals surface area contributed by atoms with Gasteiger partial charge in [0.1, 0.15) is 17.4 Å². The molecule has 2 aromatic heterocycles. The van der Waals surface area contributed by atoms with Crippen LogP contribution in [0.1, 0.15) is 89.6 Å². The zero-order valence-electron chi connectivity index (χ0n) is 30.1. The van der Waals surface area contributed by atoms with Gasteiger partial charge in [0, 0.05) is 48.6 Å². The Kier molecular flexibility index (Phi) is 9.74. The highest BCUT2D eigenvalue weighted by Crippen LogP contribution is 2.40. The van der Waals surface area contributed by atoms with Gasteiger partial charge in [0.25, 0.3) is 0 Å². The molecule has 6 bridgehead atoms. The molecular formula is C39H49FN4O5. The maximum Gasteiger partial charge on any atom is 0.339 e. The summed E-state index contributed by atoms with van der Waals surface area (Å²) in [5.74, 6) is 0.492. The predicted molar refractivity (Wildman–Crippen MR) is 189 cm³/mol. The maximum absolute atomic E-state index is 14.9. The molecule has 0 spiro atoms. The van der Waals surface area contributed by atoms with E-state index in [0.29, 0.717) is 53.6 Å². The number of nitrogens with zero attached hydrogens (tertiary/aromatic N) is 4. The van der Waals surface area contributed by atoms with Gasteiger partial charge < -0.3 is 23.8 Å². The lowest BCUT2D eigenvalue weighted by Gasteiger charge is -2.41. The van der Waals surface area contributed by atoms with Crippen LogP contribution in [-0.2, 0) is 19.0 Å². The van der Waals surface area contributed by atoms with Crippen molar-refractivity contribution >= 4 is 17.4 Å². The third kappa shape index (κ3) is 7.45. The fourth-order valence-electron chi connectivity index (χ4n) is 6.85. The Morgan fingerprint density at radius 3 is 2.53 bits per heavy atom. The number of piperidine rings is 1. The van der Waals surface area contributed by atoms with Gasteiger partial charge in [0.15, 0.2) is 11.8 Å². The lowest BCUT2D eigenvalue weighted by molar-refractivity contribution is -0.164. The summed E-state index contributed by atoms with van der Waals surface area (Å²) in [5, 5.41) is 5.14. The smallest absolute Gasteiger partial charge is 0.339 e. The van der Waals surface area contributed by atoms with Gasteiger partial charge in [0.2, 0.25) is 0 Å². The van der Waals surface area contributed by atoms with E-state index in [9.17, 15) is 9.18 Å². The molecule has 262 valence electrons. The van der Waals surface area contributed by atoms with Crippen molar-refractivity contribution in [2.45, 2.75) is 104 Å². The Morgan fingerprint density at radius 1 is 1.08 bits per heavy atom. The number of rotatable bonds is 3. The van der Waals surface area contributed by atoms with Gasteiger partial charge in [-0.2, -0.15) is 9.61 Å². The number of carbonyl (C=O) groups excluding carboxylic acids is 1. The van der Waals surface area contributed by atoms with Crippen LogP contribution in [0.4, 0.5) is 10.2 Å². The highest BCUT2D eigenvalue weighted by Gasteiger charge is 2.38. The summed E-state index contributed by atoms with van der Waals surface area (Å²) in [4.78, 5) is 20.7. The van der Waals surface area contributed by atoms with Gasteiger partial charge in [0.05, 0.1) is 35.7 Å². The zero-order chi connectivity index (χ0) is 35.1. The largest absolute Gasteiger partial charge is 0.490 e. The summed E-state index contributed by atoms with van der Waals surface area (Å²) < 4.78 is 41.4. The number of methoxy groups -OCH3 is 1. The molecule has 2 atom stereocenters. The molecule has 0 N–H and O–H groups in total. The second-order valence-corrected chi connectivity index (χ2v) is 14.8. The molecular weight excluding hydrogens is 623 g/mol. The summed E-state index contributed by atoms with van der Waals surface area (Å²) in [6.45, 7) is 15.7. The predicted octanol–water partition coefficient (Wildman–Crippen LogP) is 8.18. The Balaban J connectivity index is 1.55. The van der Waals surface area contributed by atoms with E-state index in [0.717, 1.165) is 54.6 Å². The van der Waals surface area contributed by atoms with Crippen LogP contribution in [0.15, 0.2) is 42.5 Å². The molecule has 1 saturated heterocycles. The number of carbonyl (C=O) groups is 1. The highest BCUT2D eigenvalue weighted by molar-refractivity contribution is 5.81. The molecule has 2 aromatic carbocycles. The first-order valence-electron chi connectivity index (χ1n) is 17.4. The second-order valence-electron chi connectivity index (χ2n) is 14.8. The van der Waals surface area contributed by atoms with E-state index >= 15 is 0 Å². The number of fused-ring (bicyclic) bond motifs is 8. The number of esters is 1. The second kappa shape index (κ2) is 13.7. The van der Waals surface area contributed by atoms with Crippen LogP contribution >= 0.6 is 0 Å². The van der Waals surface area contributed by atoms with Crippen molar-refractivity contribution in [2.24, 2.45) is 0 Å². The normalized spacial score (nSPS) is 20.9. The Bertz CT molecular complexity index is 1840. The molecule has 0 saturated carbocycles. The number of hydrogen-bond acceptors (Lipinski definition) is 8. The first-order valence-corrected chi connectivity index (χ1v) is 17.4. The molecule has 9 nitrogen and oxygen atoms in total. The minimum atomic E-state index is -1.01. The molecule has 10 heteroatoms. The third-order valence-electron chi connectivity index (χ3n) is 9.59.